The Balaban J connectivity index is 1.76. The molecule has 2 aromatic rings. The van der Waals surface area contributed by atoms with Crippen molar-refractivity contribution in [3.8, 4) is 0 Å². The SMILES string of the molecule is O=c1cccc2nc(CCN3CCCC3)[nH]n12. The Morgan fingerprint density at radius 3 is 2.88 bits per heavy atom. The van der Waals surface area contributed by atoms with Crippen LogP contribution in [0.25, 0.3) is 5.65 Å². The monoisotopic (exact) mass is 232 g/mol. The van der Waals surface area contributed by atoms with Crippen LogP contribution in [0.15, 0.2) is 23.0 Å². The van der Waals surface area contributed by atoms with E-state index in [0.717, 1.165) is 18.8 Å². The summed E-state index contributed by atoms with van der Waals surface area (Å²) in [5.41, 5.74) is 0.649. The smallest absolute Gasteiger partial charge is 0.271 e. The number of fused-ring (bicyclic) bond motifs is 1. The summed E-state index contributed by atoms with van der Waals surface area (Å²) >= 11 is 0. The number of nitrogens with one attached hydrogen (secondary N) is 1. The van der Waals surface area contributed by atoms with E-state index in [2.05, 4.69) is 15.0 Å². The first-order valence-electron chi connectivity index (χ1n) is 6.12. The van der Waals surface area contributed by atoms with Gasteiger partial charge in [-0.2, -0.15) is 0 Å². The zero-order valence-corrected chi connectivity index (χ0v) is 9.72. The molecule has 0 bridgehead atoms. The van der Waals surface area contributed by atoms with Gasteiger partial charge >= 0.3 is 0 Å². The number of hydrogen-bond donors (Lipinski definition) is 1. The van der Waals surface area contributed by atoms with Gasteiger partial charge in [0.25, 0.3) is 5.56 Å². The number of rotatable bonds is 3. The summed E-state index contributed by atoms with van der Waals surface area (Å²) < 4.78 is 1.50. The summed E-state index contributed by atoms with van der Waals surface area (Å²) in [6.45, 7) is 3.41. The lowest BCUT2D eigenvalue weighted by Crippen LogP contribution is -2.22. The zero-order valence-electron chi connectivity index (χ0n) is 9.72. The van der Waals surface area contributed by atoms with Gasteiger partial charge in [-0.15, -0.1) is 0 Å². The lowest BCUT2D eigenvalue weighted by molar-refractivity contribution is 0.341. The molecule has 1 N–H and O–H groups in total. The fourth-order valence-electron chi connectivity index (χ4n) is 2.35. The summed E-state index contributed by atoms with van der Waals surface area (Å²) in [6, 6.07) is 5.12. The van der Waals surface area contributed by atoms with Crippen LogP contribution in [-0.2, 0) is 6.42 Å². The molecule has 0 atom stereocenters. The normalized spacial score (nSPS) is 16.9. The molecule has 0 amide bonds. The van der Waals surface area contributed by atoms with E-state index in [0.29, 0.717) is 5.65 Å². The molecule has 2 aromatic heterocycles. The molecule has 5 nitrogen and oxygen atoms in total. The van der Waals surface area contributed by atoms with Crippen molar-refractivity contribution in [3.63, 3.8) is 0 Å². The summed E-state index contributed by atoms with van der Waals surface area (Å²) in [5, 5.41) is 3.05. The highest BCUT2D eigenvalue weighted by molar-refractivity contribution is 5.36. The second kappa shape index (κ2) is 4.33. The van der Waals surface area contributed by atoms with Crippen LogP contribution in [0.1, 0.15) is 18.7 Å². The van der Waals surface area contributed by atoms with E-state index in [1.807, 2.05) is 6.07 Å². The summed E-state index contributed by atoms with van der Waals surface area (Å²) in [4.78, 5) is 18.4. The van der Waals surface area contributed by atoms with E-state index in [9.17, 15) is 4.79 Å². The van der Waals surface area contributed by atoms with E-state index >= 15 is 0 Å². The second-order valence-corrected chi connectivity index (χ2v) is 4.53. The van der Waals surface area contributed by atoms with Crippen LogP contribution < -0.4 is 5.56 Å². The van der Waals surface area contributed by atoms with Crippen molar-refractivity contribution in [3.05, 3.63) is 34.4 Å². The third kappa shape index (κ3) is 2.10. The van der Waals surface area contributed by atoms with Crippen molar-refractivity contribution in [1.29, 1.82) is 0 Å². The van der Waals surface area contributed by atoms with E-state index < -0.39 is 0 Å². The van der Waals surface area contributed by atoms with Crippen molar-refractivity contribution < 1.29 is 0 Å². The minimum absolute atomic E-state index is 0.0533. The van der Waals surface area contributed by atoms with Crippen molar-refractivity contribution in [1.82, 2.24) is 19.5 Å². The summed E-state index contributed by atoms with van der Waals surface area (Å²) in [7, 11) is 0. The third-order valence-electron chi connectivity index (χ3n) is 3.29. The molecule has 17 heavy (non-hydrogen) atoms. The molecule has 0 radical (unpaired) electrons. The lowest BCUT2D eigenvalue weighted by Gasteiger charge is -2.12. The fourth-order valence-corrected chi connectivity index (χ4v) is 2.35. The van der Waals surface area contributed by atoms with Crippen LogP contribution in [0.4, 0.5) is 0 Å². The Kier molecular flexibility index (Phi) is 2.68. The quantitative estimate of drug-likeness (QED) is 0.846. The van der Waals surface area contributed by atoms with Gasteiger partial charge in [-0.1, -0.05) is 6.07 Å². The lowest BCUT2D eigenvalue weighted by atomic mass is 10.4. The van der Waals surface area contributed by atoms with Crippen molar-refractivity contribution in [2.24, 2.45) is 0 Å². The average molecular weight is 232 g/mol. The van der Waals surface area contributed by atoms with Crippen LogP contribution in [-0.4, -0.2) is 39.1 Å². The molecule has 0 unspecified atom stereocenters. The van der Waals surface area contributed by atoms with Crippen molar-refractivity contribution in [2.45, 2.75) is 19.3 Å². The van der Waals surface area contributed by atoms with Crippen LogP contribution >= 0.6 is 0 Å². The topological polar surface area (TPSA) is 53.4 Å². The molecule has 1 fully saturated rings. The van der Waals surface area contributed by atoms with Gasteiger partial charge in [0.2, 0.25) is 0 Å². The van der Waals surface area contributed by atoms with Crippen LogP contribution in [0.5, 0.6) is 0 Å². The van der Waals surface area contributed by atoms with Crippen LogP contribution in [0, 0.1) is 0 Å². The van der Waals surface area contributed by atoms with Gasteiger partial charge < -0.3 is 4.90 Å². The highest BCUT2D eigenvalue weighted by Crippen LogP contribution is 2.08. The first kappa shape index (κ1) is 10.5. The van der Waals surface area contributed by atoms with E-state index in [1.165, 1.54) is 36.5 Å². The second-order valence-electron chi connectivity index (χ2n) is 4.53. The minimum Gasteiger partial charge on any atom is -0.303 e. The van der Waals surface area contributed by atoms with Gasteiger partial charge in [0.05, 0.1) is 0 Å². The highest BCUT2D eigenvalue weighted by Gasteiger charge is 2.12. The van der Waals surface area contributed by atoms with E-state index in [-0.39, 0.29) is 5.56 Å². The average Bonchev–Trinajstić information content (AvgIpc) is 2.95. The number of pyridine rings is 1. The van der Waals surface area contributed by atoms with Crippen LogP contribution in [0.3, 0.4) is 0 Å². The maximum atomic E-state index is 11.5. The van der Waals surface area contributed by atoms with Crippen molar-refractivity contribution >= 4 is 5.65 Å². The molecule has 0 saturated carbocycles. The number of likely N-dealkylation sites (tertiary alicyclic amines) is 1. The van der Waals surface area contributed by atoms with Gasteiger partial charge in [-0.3, -0.25) is 9.89 Å². The standard InChI is InChI=1S/C12H16N4O/c17-12-5-3-4-11-13-10(14-16(11)12)6-9-15-7-1-2-8-15/h3-5H,1-2,6-9H2,(H,13,14). The molecule has 1 aliphatic heterocycles. The molecule has 1 aliphatic rings. The molecule has 3 rings (SSSR count). The molecule has 90 valence electrons. The summed E-state index contributed by atoms with van der Waals surface area (Å²) in [5.74, 6) is 0.889. The molecule has 1 saturated heterocycles. The Morgan fingerprint density at radius 1 is 1.29 bits per heavy atom. The number of aromatic nitrogens is 3. The molecular formula is C12H16N4O. The van der Waals surface area contributed by atoms with Crippen LogP contribution in [0.2, 0.25) is 0 Å². The molecule has 0 spiro atoms. The minimum atomic E-state index is -0.0533. The molecule has 0 aromatic carbocycles. The maximum Gasteiger partial charge on any atom is 0.271 e. The maximum absolute atomic E-state index is 11.5. The Morgan fingerprint density at radius 2 is 2.12 bits per heavy atom. The van der Waals surface area contributed by atoms with Gasteiger partial charge in [0.15, 0.2) is 5.65 Å². The number of nitrogens with zero attached hydrogens (tertiary/aromatic N) is 3. The molecule has 3 heterocycles. The molecule has 0 aliphatic carbocycles. The molecule has 5 heteroatoms. The third-order valence-corrected chi connectivity index (χ3v) is 3.29. The first-order chi connectivity index (χ1) is 8.33. The predicted octanol–water partition coefficient (Wildman–Crippen LogP) is 0.661. The predicted molar refractivity (Wildman–Crippen MR) is 65.2 cm³/mol. The highest BCUT2D eigenvalue weighted by atomic mass is 16.1. The fraction of sp³-hybridized carbons (Fsp3) is 0.500. The van der Waals surface area contributed by atoms with Gasteiger partial charge in [-0.05, 0) is 32.0 Å². The Hall–Kier alpha value is -1.62. The summed E-state index contributed by atoms with van der Waals surface area (Å²) in [6.07, 6.45) is 3.49. The van der Waals surface area contributed by atoms with Gasteiger partial charge in [0.1, 0.15) is 5.82 Å². The Labute approximate surface area is 99.1 Å². The van der Waals surface area contributed by atoms with Crippen molar-refractivity contribution in [2.75, 3.05) is 19.6 Å². The number of H-pyrrole nitrogens is 1. The number of hydrogen-bond acceptors (Lipinski definition) is 3. The number of aromatic amines is 1. The molecular weight excluding hydrogens is 216 g/mol. The van der Waals surface area contributed by atoms with Gasteiger partial charge in [-0.25, -0.2) is 9.50 Å². The van der Waals surface area contributed by atoms with Gasteiger partial charge in [0, 0.05) is 19.0 Å². The van der Waals surface area contributed by atoms with E-state index in [1.54, 1.807) is 6.07 Å². The first-order valence-corrected chi connectivity index (χ1v) is 6.12. The van der Waals surface area contributed by atoms with E-state index in [4.69, 9.17) is 0 Å². The Bertz CT molecular complexity index is 565. The zero-order chi connectivity index (χ0) is 11.7. The largest absolute Gasteiger partial charge is 0.303 e.